The molecule has 0 aromatic heterocycles. The molecular weight excluding hydrogens is 801 g/mol. The molecule has 1 aliphatic rings. The molecule has 342 valence electrons. The molecule has 6 amide bonds. The molecule has 2 aromatic rings. The summed E-state index contributed by atoms with van der Waals surface area (Å²) in [5.41, 5.74) is 1.20. The van der Waals surface area contributed by atoms with Crippen molar-refractivity contribution in [2.45, 2.75) is 135 Å². The molecule has 4 bridgehead atoms. The number of amides is 6. The molecule has 1 aliphatic heterocycles. The fraction of sp³-hybridized carbons (Fsp3) is 0.578. The molecule has 0 radical (unpaired) electrons. The van der Waals surface area contributed by atoms with E-state index >= 15 is 0 Å². The summed E-state index contributed by atoms with van der Waals surface area (Å²) in [7, 11) is 4.36. The minimum absolute atomic E-state index is 0.0587. The van der Waals surface area contributed by atoms with Crippen molar-refractivity contribution in [1.29, 1.82) is 0 Å². The monoisotopic (exact) mass is 866 g/mol. The van der Waals surface area contributed by atoms with Crippen LogP contribution in [0.2, 0.25) is 0 Å². The first-order valence-electron chi connectivity index (χ1n) is 21.4. The number of carboxylic acids is 1. The van der Waals surface area contributed by atoms with Crippen molar-refractivity contribution in [3.05, 3.63) is 47.5 Å². The lowest BCUT2D eigenvalue weighted by Gasteiger charge is -2.32. The summed E-state index contributed by atoms with van der Waals surface area (Å²) in [6.07, 6.45) is 5.46. The molecule has 1 heterocycles. The molecule has 17 nitrogen and oxygen atoms in total. The molecule has 0 aliphatic carbocycles. The van der Waals surface area contributed by atoms with Crippen LogP contribution in [0, 0.1) is 0 Å². The number of nitrogens with zero attached hydrogens (tertiary/aromatic N) is 1. The number of hydrogen-bond donors (Lipinski definition) is 6. The number of likely N-dealkylation sites (N-methyl/N-ethyl adjacent to an activating group) is 1. The third-order valence-electron chi connectivity index (χ3n) is 10.3. The van der Waals surface area contributed by atoms with Crippen LogP contribution in [0.3, 0.4) is 0 Å². The van der Waals surface area contributed by atoms with Gasteiger partial charge in [-0.25, -0.2) is 9.59 Å². The van der Waals surface area contributed by atoms with Crippen LogP contribution in [0.15, 0.2) is 36.4 Å². The third kappa shape index (κ3) is 15.9. The van der Waals surface area contributed by atoms with Crippen LogP contribution in [-0.4, -0.2) is 110 Å². The van der Waals surface area contributed by atoms with E-state index in [-0.39, 0.29) is 38.3 Å². The van der Waals surface area contributed by atoms with E-state index in [9.17, 15) is 38.7 Å². The smallest absolute Gasteiger partial charge is 0.407 e. The number of methoxy groups -OCH3 is 2. The molecule has 0 saturated heterocycles. The largest absolute Gasteiger partial charge is 0.496 e. The van der Waals surface area contributed by atoms with E-state index in [4.69, 9.17) is 14.2 Å². The highest BCUT2D eigenvalue weighted by atomic mass is 16.6. The lowest BCUT2D eigenvalue weighted by atomic mass is 9.93. The fourth-order valence-corrected chi connectivity index (χ4v) is 7.01. The van der Waals surface area contributed by atoms with Crippen LogP contribution in [0.1, 0.15) is 116 Å². The molecule has 4 atom stereocenters. The van der Waals surface area contributed by atoms with E-state index in [0.717, 1.165) is 32.1 Å². The SMILES string of the molecule is CCCCCCCC(=O)NCCC(=O)N[C@@H](CCCCNC(=O)OC(C)(C)C)C(=O)N(C)[C@@H]1C(=O)N[C@@H](C)C(=O)N[C@H](C(=O)O)Cc2ccc(OC)c(c2)-c2cc1ccc2OC. The summed E-state index contributed by atoms with van der Waals surface area (Å²) in [4.78, 5) is 93.9. The molecule has 0 spiro atoms. The Balaban J connectivity index is 1.98. The van der Waals surface area contributed by atoms with Crippen molar-refractivity contribution in [3.63, 3.8) is 0 Å². The van der Waals surface area contributed by atoms with Crippen molar-refractivity contribution in [2.75, 3.05) is 34.4 Å². The number of carbonyl (C=O) groups excluding carboxylic acids is 6. The summed E-state index contributed by atoms with van der Waals surface area (Å²) in [5, 5.41) is 23.5. The molecule has 3 rings (SSSR count). The Morgan fingerprint density at radius 2 is 1.48 bits per heavy atom. The molecule has 6 N–H and O–H groups in total. The number of rotatable bonds is 20. The normalized spacial score (nSPS) is 16.9. The summed E-state index contributed by atoms with van der Waals surface area (Å²) in [5.74, 6) is -3.27. The maximum Gasteiger partial charge on any atom is 0.407 e. The van der Waals surface area contributed by atoms with E-state index in [1.807, 2.05) is 0 Å². The van der Waals surface area contributed by atoms with Crippen LogP contribution in [-0.2, 0) is 39.9 Å². The summed E-state index contributed by atoms with van der Waals surface area (Å²) in [6.45, 7) is 9.06. The second-order valence-electron chi connectivity index (χ2n) is 16.5. The van der Waals surface area contributed by atoms with Crippen LogP contribution in [0.25, 0.3) is 11.1 Å². The lowest BCUT2D eigenvalue weighted by molar-refractivity contribution is -0.144. The van der Waals surface area contributed by atoms with Gasteiger partial charge in [0.2, 0.25) is 29.5 Å². The average Bonchev–Trinajstić information content (AvgIpc) is 3.21. The number of fused-ring (bicyclic) bond motifs is 5. The number of carboxylic acid groups (broad SMARTS) is 1. The first kappa shape index (κ1) is 50.5. The lowest BCUT2D eigenvalue weighted by Crippen LogP contribution is -2.55. The molecule has 17 heteroatoms. The van der Waals surface area contributed by atoms with Gasteiger partial charge in [-0.15, -0.1) is 0 Å². The van der Waals surface area contributed by atoms with Gasteiger partial charge in [-0.2, -0.15) is 0 Å². The zero-order valence-corrected chi connectivity index (χ0v) is 37.4. The Labute approximate surface area is 364 Å². The van der Waals surface area contributed by atoms with Crippen LogP contribution in [0.5, 0.6) is 11.5 Å². The summed E-state index contributed by atoms with van der Waals surface area (Å²) >= 11 is 0. The Morgan fingerprint density at radius 3 is 2.13 bits per heavy atom. The van der Waals surface area contributed by atoms with Crippen LogP contribution < -0.4 is 36.1 Å². The highest BCUT2D eigenvalue weighted by molar-refractivity contribution is 5.96. The molecule has 2 aromatic carbocycles. The van der Waals surface area contributed by atoms with Crippen molar-refractivity contribution < 1.29 is 52.9 Å². The molecule has 0 unspecified atom stereocenters. The van der Waals surface area contributed by atoms with Gasteiger partial charge >= 0.3 is 12.1 Å². The molecular formula is C45H66N6O11. The first-order chi connectivity index (χ1) is 29.4. The van der Waals surface area contributed by atoms with E-state index < -0.39 is 65.5 Å². The van der Waals surface area contributed by atoms with E-state index in [1.54, 1.807) is 57.2 Å². The standard InChI is InChI=1S/C45H66N6O11/c1-9-10-11-12-13-17-37(52)46-24-22-38(53)49-33(16-14-15-23-47-44(59)62-45(3,4)5)42(56)51(6)39-30-19-21-36(61-8)32(27-30)31-25-29(18-20-35(31)60-7)26-34(43(57)58)50-40(54)28(2)48-41(39)55/h18-21,25,27-28,33-34,39H,9-17,22-24,26H2,1-8H3,(H,46,52)(H,47,59)(H,48,55)(H,49,53)(H,50,54)(H,57,58)/t28-,33-,34-,39-/m0/s1. The number of alkyl carbamates (subject to hydrolysis) is 1. The predicted octanol–water partition coefficient (Wildman–Crippen LogP) is 4.55. The van der Waals surface area contributed by atoms with E-state index in [0.29, 0.717) is 53.0 Å². The topological polar surface area (TPSA) is 231 Å². The highest BCUT2D eigenvalue weighted by Gasteiger charge is 2.36. The minimum Gasteiger partial charge on any atom is -0.496 e. The van der Waals surface area contributed by atoms with Crippen molar-refractivity contribution in [3.8, 4) is 22.6 Å². The number of nitrogens with one attached hydrogen (secondary N) is 5. The van der Waals surface area contributed by atoms with Gasteiger partial charge in [0.25, 0.3) is 0 Å². The zero-order valence-electron chi connectivity index (χ0n) is 37.4. The minimum atomic E-state index is -1.38. The van der Waals surface area contributed by atoms with Gasteiger partial charge in [0.15, 0.2) is 0 Å². The molecule has 62 heavy (non-hydrogen) atoms. The second kappa shape index (κ2) is 24.5. The van der Waals surface area contributed by atoms with Gasteiger partial charge in [-0.3, -0.25) is 24.0 Å². The highest BCUT2D eigenvalue weighted by Crippen LogP contribution is 2.40. The van der Waals surface area contributed by atoms with Crippen LogP contribution in [0.4, 0.5) is 4.79 Å². The quantitative estimate of drug-likeness (QED) is 0.101. The molecule has 0 fully saturated rings. The number of benzene rings is 2. The van der Waals surface area contributed by atoms with Gasteiger partial charge in [-0.1, -0.05) is 44.7 Å². The fourth-order valence-electron chi connectivity index (χ4n) is 7.01. The van der Waals surface area contributed by atoms with E-state index in [1.165, 1.54) is 33.1 Å². The third-order valence-corrected chi connectivity index (χ3v) is 10.3. The number of carbonyl (C=O) groups is 7. The van der Waals surface area contributed by atoms with Gasteiger partial charge in [-0.05, 0) is 88.8 Å². The maximum atomic E-state index is 14.6. The maximum absolute atomic E-state index is 14.6. The Hall–Kier alpha value is -5.87. The second-order valence-corrected chi connectivity index (χ2v) is 16.5. The average molecular weight is 867 g/mol. The van der Waals surface area contributed by atoms with Crippen LogP contribution >= 0.6 is 0 Å². The van der Waals surface area contributed by atoms with Crippen molar-refractivity contribution >= 4 is 41.6 Å². The first-order valence-corrected chi connectivity index (χ1v) is 21.4. The number of ether oxygens (including phenoxy) is 3. The van der Waals surface area contributed by atoms with Gasteiger partial charge in [0.05, 0.1) is 14.2 Å². The van der Waals surface area contributed by atoms with E-state index in [2.05, 4.69) is 33.5 Å². The van der Waals surface area contributed by atoms with Gasteiger partial charge < -0.3 is 50.8 Å². The van der Waals surface area contributed by atoms with Crippen molar-refractivity contribution in [2.24, 2.45) is 0 Å². The van der Waals surface area contributed by atoms with Gasteiger partial charge in [0, 0.05) is 50.5 Å². The van der Waals surface area contributed by atoms with Gasteiger partial charge in [0.1, 0.15) is 41.3 Å². The Morgan fingerprint density at radius 1 is 0.823 bits per heavy atom. The zero-order chi connectivity index (χ0) is 46.0. The predicted molar refractivity (Wildman–Crippen MR) is 232 cm³/mol. The number of hydrogen-bond acceptors (Lipinski definition) is 10. The summed E-state index contributed by atoms with van der Waals surface area (Å²) < 4.78 is 16.7. The van der Waals surface area contributed by atoms with Crippen molar-refractivity contribution in [1.82, 2.24) is 31.5 Å². The molecule has 0 saturated carbocycles. The number of aliphatic carboxylic acids is 1. The number of unbranched alkanes of at least 4 members (excludes halogenated alkanes) is 5. The summed E-state index contributed by atoms with van der Waals surface area (Å²) in [6, 6.07) is 4.92. The Bertz CT molecular complexity index is 1880. The Kier molecular flexibility index (Phi) is 20.0.